The fraction of sp³-hybridized carbons (Fsp3) is 0.467. The van der Waals surface area contributed by atoms with Crippen molar-refractivity contribution in [3.63, 3.8) is 0 Å². The standard InChI is InChI=1S/C30H37FN6O7S/c1-39-10-11-41-14-15-43-17-16-42-13-12-40-9-8-37-20-25(35-36-37)28-19-24-29(45-28)27(6-7-32-24)44-26-5-4-22(18-23(26)31)34-30(38)33-21-2-3-21/h4-7,18-21H,2-3,8-17H2,1H3,(H2,33,34,38). The number of amides is 2. The number of carbonyl (C=O) groups excluding carboxylic acids is 1. The lowest BCUT2D eigenvalue weighted by Gasteiger charge is -2.10. The van der Waals surface area contributed by atoms with Crippen molar-refractivity contribution in [2.75, 3.05) is 71.9 Å². The number of carbonyl (C=O) groups is 1. The molecule has 1 saturated carbocycles. The SMILES string of the molecule is COCCOCCOCCOCCOCCn1cc(-c2cc3nccc(Oc4ccc(NC(=O)NC5CC5)cc4F)c3s2)nn1. The molecule has 0 aliphatic heterocycles. The highest BCUT2D eigenvalue weighted by Gasteiger charge is 2.23. The topological polar surface area (TPSA) is 140 Å². The molecule has 2 amide bonds. The van der Waals surface area contributed by atoms with Crippen LogP contribution in [0.5, 0.6) is 11.5 Å². The van der Waals surface area contributed by atoms with Gasteiger partial charge in [-0.25, -0.2) is 13.9 Å². The summed E-state index contributed by atoms with van der Waals surface area (Å²) in [7, 11) is 1.64. The van der Waals surface area contributed by atoms with Crippen LogP contribution in [0.4, 0.5) is 14.9 Å². The Kier molecular flexibility index (Phi) is 12.4. The molecule has 0 unspecified atom stereocenters. The van der Waals surface area contributed by atoms with E-state index >= 15 is 0 Å². The number of hydrogen-bond donors (Lipinski definition) is 2. The summed E-state index contributed by atoms with van der Waals surface area (Å²) >= 11 is 1.43. The number of ether oxygens (including phenoxy) is 6. The molecule has 1 aliphatic carbocycles. The molecule has 0 spiro atoms. The maximum atomic E-state index is 14.9. The molecular weight excluding hydrogens is 607 g/mol. The fourth-order valence-corrected chi connectivity index (χ4v) is 5.08. The molecule has 1 aliphatic rings. The first-order valence-electron chi connectivity index (χ1n) is 14.7. The van der Waals surface area contributed by atoms with Crippen LogP contribution < -0.4 is 15.4 Å². The largest absolute Gasteiger partial charge is 0.453 e. The number of nitrogens with zero attached hydrogens (tertiary/aromatic N) is 4. The van der Waals surface area contributed by atoms with Crippen molar-refractivity contribution < 1.29 is 37.6 Å². The van der Waals surface area contributed by atoms with E-state index in [2.05, 4.69) is 25.9 Å². The maximum Gasteiger partial charge on any atom is 0.319 e. The van der Waals surface area contributed by atoms with E-state index in [1.165, 1.54) is 23.5 Å². The Morgan fingerprint density at radius 2 is 1.67 bits per heavy atom. The smallest absolute Gasteiger partial charge is 0.319 e. The van der Waals surface area contributed by atoms with Gasteiger partial charge in [-0.3, -0.25) is 4.98 Å². The molecule has 45 heavy (non-hydrogen) atoms. The Hall–Kier alpha value is -3.73. The van der Waals surface area contributed by atoms with Crippen molar-refractivity contribution >= 4 is 33.3 Å². The molecular formula is C30H37FN6O7S. The minimum atomic E-state index is -0.595. The average molecular weight is 645 g/mol. The van der Waals surface area contributed by atoms with Crippen molar-refractivity contribution in [2.24, 2.45) is 0 Å². The molecule has 3 heterocycles. The molecule has 0 bridgehead atoms. The molecule has 15 heteroatoms. The van der Waals surface area contributed by atoms with Gasteiger partial charge >= 0.3 is 6.03 Å². The first kappa shape index (κ1) is 32.7. The number of anilines is 1. The molecule has 4 aromatic rings. The zero-order valence-electron chi connectivity index (χ0n) is 25.0. The summed E-state index contributed by atoms with van der Waals surface area (Å²) < 4.78 is 50.1. The molecule has 0 saturated heterocycles. The highest BCUT2D eigenvalue weighted by molar-refractivity contribution is 7.22. The summed E-state index contributed by atoms with van der Waals surface area (Å²) in [6.45, 7) is 5.10. The van der Waals surface area contributed by atoms with Gasteiger partial charge in [0.2, 0.25) is 0 Å². The Morgan fingerprint density at radius 3 is 2.36 bits per heavy atom. The lowest BCUT2D eigenvalue weighted by Crippen LogP contribution is -2.30. The zero-order chi connectivity index (χ0) is 31.3. The number of aromatic nitrogens is 4. The van der Waals surface area contributed by atoms with Crippen LogP contribution in [-0.2, 0) is 30.2 Å². The fourth-order valence-electron chi connectivity index (χ4n) is 4.06. The summed E-state index contributed by atoms with van der Waals surface area (Å²) in [4.78, 5) is 17.2. The van der Waals surface area contributed by atoms with Crippen molar-refractivity contribution in [1.29, 1.82) is 0 Å². The highest BCUT2D eigenvalue weighted by Crippen LogP contribution is 2.39. The molecule has 3 aromatic heterocycles. The van der Waals surface area contributed by atoms with E-state index in [0.29, 0.717) is 88.7 Å². The van der Waals surface area contributed by atoms with Crippen molar-refractivity contribution in [1.82, 2.24) is 25.3 Å². The maximum absolute atomic E-state index is 14.9. The van der Waals surface area contributed by atoms with Gasteiger partial charge in [-0.05, 0) is 31.0 Å². The van der Waals surface area contributed by atoms with Crippen molar-refractivity contribution in [3.8, 4) is 22.1 Å². The van der Waals surface area contributed by atoms with E-state index in [1.807, 2.05) is 12.3 Å². The van der Waals surface area contributed by atoms with Crippen LogP contribution in [0.3, 0.4) is 0 Å². The summed E-state index contributed by atoms with van der Waals surface area (Å²) in [6, 6.07) is 7.75. The summed E-state index contributed by atoms with van der Waals surface area (Å²) in [5.41, 5.74) is 1.72. The lowest BCUT2D eigenvalue weighted by molar-refractivity contribution is -0.00847. The molecule has 5 rings (SSSR count). The Labute approximate surface area is 263 Å². The van der Waals surface area contributed by atoms with Crippen molar-refractivity contribution in [3.05, 3.63) is 48.5 Å². The number of benzene rings is 1. The second kappa shape index (κ2) is 17.1. The third kappa shape index (κ3) is 10.4. The van der Waals surface area contributed by atoms with E-state index in [0.717, 1.165) is 22.4 Å². The minimum Gasteiger partial charge on any atom is -0.453 e. The average Bonchev–Trinajstić information content (AvgIpc) is 3.52. The Morgan fingerprint density at radius 1 is 0.956 bits per heavy atom. The number of halogens is 1. The van der Waals surface area contributed by atoms with Crippen LogP contribution in [0.15, 0.2) is 42.7 Å². The number of hydrogen-bond acceptors (Lipinski definition) is 11. The number of fused-ring (bicyclic) bond motifs is 1. The van der Waals surface area contributed by atoms with E-state index in [1.54, 1.807) is 30.1 Å². The summed E-state index contributed by atoms with van der Waals surface area (Å²) in [5, 5.41) is 13.9. The predicted octanol–water partition coefficient (Wildman–Crippen LogP) is 4.48. The number of thiophene rings is 1. The Balaban J connectivity index is 1.04. The third-order valence-electron chi connectivity index (χ3n) is 6.50. The molecule has 1 fully saturated rings. The first-order valence-corrected chi connectivity index (χ1v) is 15.5. The molecule has 13 nitrogen and oxygen atoms in total. The van der Waals surface area contributed by atoms with Crippen LogP contribution >= 0.6 is 11.3 Å². The monoisotopic (exact) mass is 644 g/mol. The summed E-state index contributed by atoms with van der Waals surface area (Å²) in [6.07, 6.45) is 5.38. The van der Waals surface area contributed by atoms with Gasteiger partial charge in [0, 0.05) is 37.2 Å². The minimum absolute atomic E-state index is 0.0368. The van der Waals surface area contributed by atoms with Crippen LogP contribution in [0.1, 0.15) is 12.8 Å². The van der Waals surface area contributed by atoms with E-state index in [4.69, 9.17) is 28.4 Å². The van der Waals surface area contributed by atoms with E-state index in [-0.39, 0.29) is 17.8 Å². The number of nitrogens with one attached hydrogen (secondary N) is 2. The molecule has 1 aromatic carbocycles. The second-order valence-corrected chi connectivity index (χ2v) is 11.1. The van der Waals surface area contributed by atoms with Crippen LogP contribution in [0, 0.1) is 5.82 Å². The first-order chi connectivity index (χ1) is 22.1. The second-order valence-electron chi connectivity index (χ2n) is 10.1. The van der Waals surface area contributed by atoms with Crippen LogP contribution in [0.25, 0.3) is 20.8 Å². The molecule has 0 radical (unpaired) electrons. The Bertz CT molecular complexity index is 1520. The van der Waals surface area contributed by atoms with Gasteiger partial charge in [0.25, 0.3) is 0 Å². The highest BCUT2D eigenvalue weighted by atomic mass is 32.1. The number of methoxy groups -OCH3 is 1. The molecule has 2 N–H and O–H groups in total. The third-order valence-corrected chi connectivity index (χ3v) is 7.66. The van der Waals surface area contributed by atoms with Gasteiger partial charge < -0.3 is 39.1 Å². The zero-order valence-corrected chi connectivity index (χ0v) is 25.9. The van der Waals surface area contributed by atoms with Gasteiger partial charge in [0.1, 0.15) is 11.4 Å². The van der Waals surface area contributed by atoms with Crippen LogP contribution in [-0.4, -0.2) is 98.6 Å². The van der Waals surface area contributed by atoms with Gasteiger partial charge in [0.05, 0.1) is 87.3 Å². The molecule has 0 atom stereocenters. The van der Waals surface area contributed by atoms with E-state index in [9.17, 15) is 9.18 Å². The van der Waals surface area contributed by atoms with Gasteiger partial charge in [-0.1, -0.05) is 5.21 Å². The number of pyridine rings is 1. The van der Waals surface area contributed by atoms with Gasteiger partial charge in [0.15, 0.2) is 11.6 Å². The lowest BCUT2D eigenvalue weighted by atomic mass is 10.3. The predicted molar refractivity (Wildman–Crippen MR) is 165 cm³/mol. The van der Waals surface area contributed by atoms with Crippen LogP contribution in [0.2, 0.25) is 0 Å². The normalized spacial score (nSPS) is 12.9. The quantitative estimate of drug-likeness (QED) is 0.132. The van der Waals surface area contributed by atoms with Gasteiger partial charge in [-0.15, -0.1) is 16.4 Å². The van der Waals surface area contributed by atoms with Gasteiger partial charge in [-0.2, -0.15) is 0 Å². The number of urea groups is 1. The number of rotatable bonds is 20. The van der Waals surface area contributed by atoms with Crippen molar-refractivity contribution in [2.45, 2.75) is 25.4 Å². The van der Waals surface area contributed by atoms with E-state index < -0.39 is 5.82 Å². The summed E-state index contributed by atoms with van der Waals surface area (Å²) in [5.74, 6) is -0.0963. The molecule has 242 valence electrons.